The first-order valence-corrected chi connectivity index (χ1v) is 13.2. The summed E-state index contributed by atoms with van der Waals surface area (Å²) < 4.78 is 12.4. The molecule has 0 radical (unpaired) electrons. The molecule has 0 bridgehead atoms. The van der Waals surface area contributed by atoms with Crippen LogP contribution in [0.2, 0.25) is 0 Å². The lowest BCUT2D eigenvalue weighted by Crippen LogP contribution is -2.63. The molecule has 0 saturated carbocycles. The zero-order valence-corrected chi connectivity index (χ0v) is 21.9. The Hall–Kier alpha value is -3.12. The van der Waals surface area contributed by atoms with Gasteiger partial charge in [-0.15, -0.1) is 11.8 Å². The summed E-state index contributed by atoms with van der Waals surface area (Å²) in [6, 6.07) is -0.407. The smallest absolute Gasteiger partial charge is 0.410 e. The minimum Gasteiger partial charge on any atom is -0.457 e. The largest absolute Gasteiger partial charge is 0.457 e. The van der Waals surface area contributed by atoms with Gasteiger partial charge in [-0.25, -0.2) is 14.6 Å². The van der Waals surface area contributed by atoms with Crippen LogP contribution in [0.3, 0.4) is 0 Å². The number of ether oxygens (including phenoxy) is 2. The lowest BCUT2D eigenvalue weighted by Gasteiger charge is -2.46. The van der Waals surface area contributed by atoms with Gasteiger partial charge in [0.1, 0.15) is 31.6 Å². The second-order valence-electron chi connectivity index (χ2n) is 9.45. The number of hydrogen-bond acceptors (Lipinski definition) is 9. The van der Waals surface area contributed by atoms with Crippen molar-refractivity contribution in [1.29, 1.82) is 0 Å². The molecule has 4 rings (SSSR count). The average molecular weight is 532 g/mol. The van der Waals surface area contributed by atoms with Gasteiger partial charge in [0.2, 0.25) is 5.91 Å². The van der Waals surface area contributed by atoms with E-state index in [9.17, 15) is 19.5 Å². The Labute approximate surface area is 220 Å². The van der Waals surface area contributed by atoms with Crippen LogP contribution in [0.15, 0.2) is 48.6 Å². The molecule has 2 saturated heterocycles. The molecule has 2 amide bonds. The number of hydrogen-bond donors (Lipinski definition) is 1. The number of esters is 1. The van der Waals surface area contributed by atoms with E-state index >= 15 is 0 Å². The SMILES string of the molecule is C=CCOC(=O)C1=C(S[C@H]2C[C@@H](CCn3cncn3)N(C(=O)OCC=C)C2)[C@H](C)[C@@H]2[C@@H]([C@@H](C)O)C(=O)N12. The van der Waals surface area contributed by atoms with E-state index in [0.717, 1.165) is 4.91 Å². The number of thioether (sulfide) groups is 1. The molecule has 0 aromatic carbocycles. The number of carbonyl (C=O) groups is 3. The van der Waals surface area contributed by atoms with Crippen LogP contribution in [0.25, 0.3) is 0 Å². The topological polar surface area (TPSA) is 127 Å². The molecule has 0 aliphatic carbocycles. The number of aliphatic hydroxyl groups is 1. The fourth-order valence-corrected chi connectivity index (χ4v) is 6.91. The third-order valence-electron chi connectivity index (χ3n) is 7.02. The van der Waals surface area contributed by atoms with E-state index in [-0.39, 0.29) is 48.1 Å². The quantitative estimate of drug-likeness (QED) is 0.259. The van der Waals surface area contributed by atoms with Crippen molar-refractivity contribution in [2.24, 2.45) is 11.8 Å². The van der Waals surface area contributed by atoms with Gasteiger partial charge in [0.15, 0.2) is 0 Å². The Kier molecular flexibility index (Phi) is 8.38. The molecule has 3 aliphatic rings. The van der Waals surface area contributed by atoms with Gasteiger partial charge in [-0.1, -0.05) is 32.2 Å². The molecule has 0 spiro atoms. The van der Waals surface area contributed by atoms with Gasteiger partial charge in [-0.3, -0.25) is 9.48 Å². The Morgan fingerprint density at radius 1 is 1.30 bits per heavy atom. The van der Waals surface area contributed by atoms with Gasteiger partial charge in [0, 0.05) is 35.2 Å². The molecular formula is C25H33N5O6S. The number of aryl methyl sites for hydroxylation is 1. The molecule has 1 aromatic rings. The number of β-lactam (4-membered cyclic amide) rings is 1. The number of aromatic nitrogens is 3. The van der Waals surface area contributed by atoms with E-state index in [1.54, 1.807) is 22.8 Å². The van der Waals surface area contributed by atoms with E-state index < -0.39 is 24.1 Å². The summed E-state index contributed by atoms with van der Waals surface area (Å²) in [5, 5.41) is 14.3. The van der Waals surface area contributed by atoms with E-state index in [0.29, 0.717) is 25.9 Å². The summed E-state index contributed by atoms with van der Waals surface area (Å²) in [5.41, 5.74) is 0.234. The fraction of sp³-hybridized carbons (Fsp3) is 0.560. The van der Waals surface area contributed by atoms with Gasteiger partial charge >= 0.3 is 12.1 Å². The molecule has 37 heavy (non-hydrogen) atoms. The van der Waals surface area contributed by atoms with Crippen molar-refractivity contribution >= 4 is 29.7 Å². The second kappa shape index (κ2) is 11.5. The van der Waals surface area contributed by atoms with Crippen LogP contribution >= 0.6 is 11.8 Å². The first kappa shape index (κ1) is 26.9. The van der Waals surface area contributed by atoms with Crippen molar-refractivity contribution in [3.8, 4) is 0 Å². The van der Waals surface area contributed by atoms with Crippen LogP contribution in [-0.4, -0.2) is 90.8 Å². The Bertz CT molecular complexity index is 1070. The minimum atomic E-state index is -0.825. The molecular weight excluding hydrogens is 498 g/mol. The molecule has 12 heteroatoms. The zero-order chi connectivity index (χ0) is 26.7. The van der Waals surface area contributed by atoms with E-state index in [2.05, 4.69) is 23.2 Å². The standard InChI is InChI=1S/C25H33N5O6S/c1-5-9-35-24(33)21-22(15(3)20-19(16(4)31)23(32)30(20)21)37-18-11-17(7-8-28-14-26-13-27-28)29(12-18)25(34)36-10-6-2/h5-6,13-20,31H,1-2,7-12H2,3-4H3/t15-,16-,17-,18+,19-,20-/m1/s1. The predicted molar refractivity (Wildman–Crippen MR) is 136 cm³/mol. The number of nitrogens with zero attached hydrogens (tertiary/aromatic N) is 5. The lowest BCUT2D eigenvalue weighted by molar-refractivity contribution is -0.164. The molecule has 11 nitrogen and oxygen atoms in total. The van der Waals surface area contributed by atoms with Crippen LogP contribution < -0.4 is 0 Å². The van der Waals surface area contributed by atoms with Gasteiger partial charge in [0.25, 0.3) is 0 Å². The average Bonchev–Trinajstić information content (AvgIpc) is 3.58. The molecule has 1 N–H and O–H groups in total. The van der Waals surface area contributed by atoms with Crippen LogP contribution in [-0.2, 0) is 25.6 Å². The molecule has 1 aromatic heterocycles. The second-order valence-corrected chi connectivity index (χ2v) is 10.8. The van der Waals surface area contributed by atoms with Crippen LogP contribution in [0.1, 0.15) is 26.7 Å². The van der Waals surface area contributed by atoms with Crippen LogP contribution in [0.4, 0.5) is 4.79 Å². The normalized spacial score (nSPS) is 27.5. The summed E-state index contributed by atoms with van der Waals surface area (Å²) in [6.45, 7) is 11.9. The highest BCUT2D eigenvalue weighted by Gasteiger charge is 2.60. The Morgan fingerprint density at radius 3 is 2.68 bits per heavy atom. The number of amides is 2. The number of rotatable bonds is 11. The molecule has 200 valence electrons. The number of carbonyl (C=O) groups excluding carboxylic acids is 3. The van der Waals surface area contributed by atoms with Gasteiger partial charge < -0.3 is 24.4 Å². The van der Waals surface area contributed by atoms with Crippen molar-refractivity contribution in [1.82, 2.24) is 24.6 Å². The summed E-state index contributed by atoms with van der Waals surface area (Å²) in [7, 11) is 0. The first-order chi connectivity index (χ1) is 17.8. The molecule has 6 atom stereocenters. The highest BCUT2D eigenvalue weighted by atomic mass is 32.2. The van der Waals surface area contributed by atoms with Crippen molar-refractivity contribution in [2.45, 2.75) is 56.7 Å². The van der Waals surface area contributed by atoms with Crippen molar-refractivity contribution in [3.63, 3.8) is 0 Å². The van der Waals surface area contributed by atoms with Crippen LogP contribution in [0, 0.1) is 11.8 Å². The van der Waals surface area contributed by atoms with Crippen molar-refractivity contribution in [2.75, 3.05) is 19.8 Å². The summed E-state index contributed by atoms with van der Waals surface area (Å²) in [5.74, 6) is -1.60. The molecule has 0 unspecified atom stereocenters. The predicted octanol–water partition coefficient (Wildman–Crippen LogP) is 1.97. The summed E-state index contributed by atoms with van der Waals surface area (Å²) in [4.78, 5) is 46.7. The monoisotopic (exact) mass is 531 g/mol. The third-order valence-corrected chi connectivity index (χ3v) is 8.51. The third kappa shape index (κ3) is 5.30. The molecule has 4 heterocycles. The lowest BCUT2D eigenvalue weighted by atomic mass is 9.79. The van der Waals surface area contributed by atoms with E-state index in [4.69, 9.17) is 9.47 Å². The maximum absolute atomic E-state index is 13.0. The maximum Gasteiger partial charge on any atom is 0.410 e. The Morgan fingerprint density at radius 2 is 2.03 bits per heavy atom. The highest BCUT2D eigenvalue weighted by Crippen LogP contribution is 2.52. The number of fused-ring (bicyclic) bond motifs is 1. The number of aliphatic hydroxyl groups excluding tert-OH is 1. The zero-order valence-electron chi connectivity index (χ0n) is 21.1. The Balaban J connectivity index is 1.55. The first-order valence-electron chi connectivity index (χ1n) is 12.3. The summed E-state index contributed by atoms with van der Waals surface area (Å²) >= 11 is 1.50. The highest BCUT2D eigenvalue weighted by molar-refractivity contribution is 8.03. The van der Waals surface area contributed by atoms with Crippen molar-refractivity contribution < 1.29 is 29.0 Å². The number of likely N-dealkylation sites (tertiary alicyclic amines) is 1. The van der Waals surface area contributed by atoms with E-state index in [1.807, 2.05) is 6.92 Å². The molecule has 3 aliphatic heterocycles. The van der Waals surface area contributed by atoms with E-state index in [1.165, 1.54) is 35.1 Å². The van der Waals surface area contributed by atoms with Gasteiger partial charge in [0.05, 0.1) is 18.1 Å². The van der Waals surface area contributed by atoms with Gasteiger partial charge in [-0.05, 0) is 19.8 Å². The maximum atomic E-state index is 13.0. The van der Waals surface area contributed by atoms with Gasteiger partial charge in [-0.2, -0.15) is 5.10 Å². The minimum absolute atomic E-state index is 0.0257. The van der Waals surface area contributed by atoms with Crippen molar-refractivity contribution in [3.05, 3.63) is 48.6 Å². The molecule has 2 fully saturated rings. The fourth-order valence-electron chi connectivity index (χ4n) is 5.35. The van der Waals surface area contributed by atoms with Crippen LogP contribution in [0.5, 0.6) is 0 Å². The summed E-state index contributed by atoms with van der Waals surface area (Å²) in [6.07, 6.45) is 6.18.